The summed E-state index contributed by atoms with van der Waals surface area (Å²) in [5, 5.41) is 10.5. The second-order valence-electron chi connectivity index (χ2n) is 3.63. The Morgan fingerprint density at radius 1 is 1.50 bits per heavy atom. The summed E-state index contributed by atoms with van der Waals surface area (Å²) in [5.41, 5.74) is -1.41. The molecule has 0 aromatic heterocycles. The highest BCUT2D eigenvalue weighted by Gasteiger charge is 2.47. The minimum atomic E-state index is -0.919. The summed E-state index contributed by atoms with van der Waals surface area (Å²) in [7, 11) is 0. The van der Waals surface area contributed by atoms with Crippen LogP contribution < -0.4 is 0 Å². The Morgan fingerprint density at radius 3 is 2.69 bits per heavy atom. The molecular weight excluding hydrogens is 215 g/mol. The van der Waals surface area contributed by atoms with E-state index in [1.807, 2.05) is 0 Å². The molecule has 0 N–H and O–H groups in total. The predicted octanol–water partition coefficient (Wildman–Crippen LogP) is 2.06. The van der Waals surface area contributed by atoms with E-state index < -0.39 is 22.0 Å². The standard InChI is InChI=1S/C10H7FN2O3/c11-9-7(10(4-5-10)12-6-14)2-1-3-8(9)13(15)16/h1-3H,4-5H2. The zero-order valence-corrected chi connectivity index (χ0v) is 8.14. The minimum Gasteiger partial charge on any atom is -0.258 e. The first kappa shape index (κ1) is 10.4. The molecule has 0 aliphatic heterocycles. The largest absolute Gasteiger partial charge is 0.305 e. The Morgan fingerprint density at radius 2 is 2.19 bits per heavy atom. The van der Waals surface area contributed by atoms with Crippen LogP contribution in [0.1, 0.15) is 18.4 Å². The monoisotopic (exact) mass is 222 g/mol. The van der Waals surface area contributed by atoms with Crippen molar-refractivity contribution >= 4 is 11.8 Å². The fourth-order valence-electron chi connectivity index (χ4n) is 1.67. The lowest BCUT2D eigenvalue weighted by molar-refractivity contribution is -0.387. The molecular formula is C10H7FN2O3. The Kier molecular flexibility index (Phi) is 2.29. The highest BCUT2D eigenvalue weighted by Crippen LogP contribution is 2.50. The zero-order chi connectivity index (χ0) is 11.8. The molecule has 0 heterocycles. The van der Waals surface area contributed by atoms with Crippen LogP contribution in [-0.4, -0.2) is 11.0 Å². The number of nitro groups is 1. The third kappa shape index (κ3) is 1.49. The van der Waals surface area contributed by atoms with E-state index in [1.54, 1.807) is 0 Å². The van der Waals surface area contributed by atoms with Crippen LogP contribution in [0.2, 0.25) is 0 Å². The number of carbonyl (C=O) groups excluding carboxylic acids is 1. The van der Waals surface area contributed by atoms with Gasteiger partial charge in [0.15, 0.2) is 0 Å². The first-order valence-electron chi connectivity index (χ1n) is 4.63. The molecule has 1 aromatic rings. The van der Waals surface area contributed by atoms with Gasteiger partial charge in [0.2, 0.25) is 11.9 Å². The number of hydrogen-bond donors (Lipinski definition) is 0. The molecule has 1 aromatic carbocycles. The smallest absolute Gasteiger partial charge is 0.258 e. The summed E-state index contributed by atoms with van der Waals surface area (Å²) in [4.78, 5) is 23.5. The molecule has 0 bridgehead atoms. The summed E-state index contributed by atoms with van der Waals surface area (Å²) >= 11 is 0. The topological polar surface area (TPSA) is 72.6 Å². The van der Waals surface area contributed by atoms with E-state index in [0.29, 0.717) is 12.8 Å². The number of nitrogens with zero attached hydrogens (tertiary/aromatic N) is 2. The molecule has 0 unspecified atom stereocenters. The van der Waals surface area contributed by atoms with Crippen molar-refractivity contribution in [3.05, 3.63) is 39.7 Å². The third-order valence-corrected chi connectivity index (χ3v) is 2.66. The Balaban J connectivity index is 2.55. The van der Waals surface area contributed by atoms with E-state index in [2.05, 4.69) is 4.99 Å². The van der Waals surface area contributed by atoms with Crippen molar-refractivity contribution in [3.63, 3.8) is 0 Å². The molecule has 1 fully saturated rings. The van der Waals surface area contributed by atoms with Crippen LogP contribution in [0.15, 0.2) is 23.2 Å². The summed E-state index contributed by atoms with van der Waals surface area (Å²) in [6.45, 7) is 0. The number of rotatable bonds is 3. The minimum absolute atomic E-state index is 0.102. The summed E-state index contributed by atoms with van der Waals surface area (Å²) in [6, 6.07) is 3.88. The van der Waals surface area contributed by atoms with Crippen molar-refractivity contribution in [2.45, 2.75) is 18.4 Å². The Bertz CT molecular complexity index is 505. The van der Waals surface area contributed by atoms with Gasteiger partial charge in [-0.3, -0.25) is 10.1 Å². The van der Waals surface area contributed by atoms with Gasteiger partial charge in [-0.2, -0.15) is 9.38 Å². The number of benzene rings is 1. The Hall–Kier alpha value is -2.07. The summed E-state index contributed by atoms with van der Waals surface area (Å²) in [5.74, 6) is -0.913. The van der Waals surface area contributed by atoms with Gasteiger partial charge in [0.1, 0.15) is 5.54 Å². The van der Waals surface area contributed by atoms with E-state index in [-0.39, 0.29) is 5.56 Å². The maximum atomic E-state index is 13.8. The number of halogens is 1. The van der Waals surface area contributed by atoms with Crippen molar-refractivity contribution in [1.82, 2.24) is 0 Å². The van der Waals surface area contributed by atoms with E-state index in [4.69, 9.17) is 0 Å². The lowest BCUT2D eigenvalue weighted by atomic mass is 10.0. The second-order valence-corrected chi connectivity index (χ2v) is 3.63. The van der Waals surface area contributed by atoms with Crippen LogP contribution >= 0.6 is 0 Å². The van der Waals surface area contributed by atoms with Crippen molar-refractivity contribution in [1.29, 1.82) is 0 Å². The number of isocyanates is 1. The molecule has 0 spiro atoms. The number of hydrogen-bond acceptors (Lipinski definition) is 4. The van der Waals surface area contributed by atoms with Crippen LogP contribution in [0.4, 0.5) is 10.1 Å². The second kappa shape index (κ2) is 3.50. The van der Waals surface area contributed by atoms with Gasteiger partial charge in [0.05, 0.1) is 4.92 Å². The highest BCUT2D eigenvalue weighted by molar-refractivity contribution is 5.46. The summed E-state index contributed by atoms with van der Waals surface area (Å²) in [6.07, 6.45) is 2.41. The average Bonchev–Trinajstić information content (AvgIpc) is 2.99. The first-order valence-corrected chi connectivity index (χ1v) is 4.63. The molecule has 82 valence electrons. The molecule has 0 saturated heterocycles. The van der Waals surface area contributed by atoms with Crippen LogP contribution in [0.25, 0.3) is 0 Å². The quantitative estimate of drug-likeness (QED) is 0.340. The van der Waals surface area contributed by atoms with Crippen molar-refractivity contribution in [2.75, 3.05) is 0 Å². The SMILES string of the molecule is O=C=NC1(c2cccc([N+](=O)[O-])c2F)CC1. The fourth-order valence-corrected chi connectivity index (χ4v) is 1.67. The van der Waals surface area contributed by atoms with Crippen LogP contribution in [-0.2, 0) is 10.3 Å². The van der Waals surface area contributed by atoms with Crippen LogP contribution in [0.3, 0.4) is 0 Å². The normalized spacial score (nSPS) is 16.3. The number of aliphatic imine (C=N–C) groups is 1. The molecule has 0 amide bonds. The van der Waals surface area contributed by atoms with Crippen molar-refractivity contribution in [2.24, 2.45) is 4.99 Å². The van der Waals surface area contributed by atoms with E-state index >= 15 is 0 Å². The van der Waals surface area contributed by atoms with Gasteiger partial charge in [0, 0.05) is 11.6 Å². The Labute approximate surface area is 89.8 Å². The van der Waals surface area contributed by atoms with Crippen LogP contribution in [0.5, 0.6) is 0 Å². The van der Waals surface area contributed by atoms with Gasteiger partial charge in [0.25, 0.3) is 0 Å². The molecule has 1 aliphatic carbocycles. The zero-order valence-electron chi connectivity index (χ0n) is 8.14. The van der Waals surface area contributed by atoms with Gasteiger partial charge in [-0.05, 0) is 12.8 Å². The molecule has 5 nitrogen and oxygen atoms in total. The van der Waals surface area contributed by atoms with E-state index in [0.717, 1.165) is 6.07 Å². The van der Waals surface area contributed by atoms with Crippen LogP contribution in [0, 0.1) is 15.9 Å². The lowest BCUT2D eigenvalue weighted by Crippen LogP contribution is -2.07. The molecule has 2 rings (SSSR count). The fraction of sp³-hybridized carbons (Fsp3) is 0.300. The summed E-state index contributed by atoms with van der Waals surface area (Å²) < 4.78 is 13.8. The number of nitro benzene ring substituents is 1. The predicted molar refractivity (Wildman–Crippen MR) is 52.1 cm³/mol. The van der Waals surface area contributed by atoms with Crippen molar-refractivity contribution in [3.8, 4) is 0 Å². The molecule has 0 radical (unpaired) electrons. The first-order chi connectivity index (χ1) is 7.60. The van der Waals surface area contributed by atoms with Gasteiger partial charge in [-0.1, -0.05) is 12.1 Å². The van der Waals surface area contributed by atoms with Crippen molar-refractivity contribution < 1.29 is 14.1 Å². The average molecular weight is 222 g/mol. The maximum absolute atomic E-state index is 13.8. The third-order valence-electron chi connectivity index (χ3n) is 2.66. The van der Waals surface area contributed by atoms with Gasteiger partial charge in [-0.15, -0.1) is 0 Å². The lowest BCUT2D eigenvalue weighted by Gasteiger charge is -2.08. The molecule has 16 heavy (non-hydrogen) atoms. The molecule has 6 heteroatoms. The molecule has 0 atom stereocenters. The maximum Gasteiger partial charge on any atom is 0.305 e. The van der Waals surface area contributed by atoms with Gasteiger partial charge < -0.3 is 0 Å². The van der Waals surface area contributed by atoms with Gasteiger partial charge in [-0.25, -0.2) is 4.79 Å². The van der Waals surface area contributed by atoms with E-state index in [1.165, 1.54) is 18.2 Å². The molecule has 1 aliphatic rings. The van der Waals surface area contributed by atoms with Gasteiger partial charge >= 0.3 is 5.69 Å². The molecule has 1 saturated carbocycles. The van der Waals surface area contributed by atoms with E-state index in [9.17, 15) is 19.3 Å². The highest BCUT2D eigenvalue weighted by atomic mass is 19.1.